The van der Waals surface area contributed by atoms with Crippen molar-refractivity contribution in [2.45, 2.75) is 44.7 Å². The number of nitrogens with zero attached hydrogens (tertiary/aromatic N) is 1. The minimum Gasteiger partial charge on any atom is -0.370 e. The van der Waals surface area contributed by atoms with Gasteiger partial charge in [0.05, 0.1) is 5.56 Å². The van der Waals surface area contributed by atoms with Crippen LogP contribution in [0.5, 0.6) is 0 Å². The molecular weight excluding hydrogens is 333 g/mol. The Labute approximate surface area is 125 Å². The number of hydrogen-bond acceptors (Lipinski definition) is 2. The zero-order valence-electron chi connectivity index (χ0n) is 11.1. The van der Waals surface area contributed by atoms with Crippen molar-refractivity contribution in [3.63, 3.8) is 0 Å². The molecular formula is C14H18BrF3N2. The fourth-order valence-corrected chi connectivity index (χ4v) is 3.00. The Kier molecular flexibility index (Phi) is 5.29. The SMILES string of the molecule is FC(F)(F)c1cc(Br)cnc1NCCC1CCCCC1. The summed E-state index contributed by atoms with van der Waals surface area (Å²) in [5.74, 6) is 0.567. The number of aromatic nitrogens is 1. The molecule has 1 heterocycles. The highest BCUT2D eigenvalue weighted by molar-refractivity contribution is 9.10. The van der Waals surface area contributed by atoms with Crippen LogP contribution in [-0.2, 0) is 6.18 Å². The van der Waals surface area contributed by atoms with Gasteiger partial charge < -0.3 is 5.32 Å². The molecule has 0 saturated heterocycles. The summed E-state index contributed by atoms with van der Waals surface area (Å²) in [6.45, 7) is 0.544. The number of alkyl halides is 3. The van der Waals surface area contributed by atoms with E-state index in [9.17, 15) is 13.2 Å². The maximum atomic E-state index is 12.9. The molecule has 1 aliphatic rings. The maximum Gasteiger partial charge on any atom is 0.419 e. The summed E-state index contributed by atoms with van der Waals surface area (Å²) in [4.78, 5) is 3.85. The molecule has 0 atom stereocenters. The quantitative estimate of drug-likeness (QED) is 0.802. The molecule has 1 N–H and O–H groups in total. The smallest absolute Gasteiger partial charge is 0.370 e. The molecule has 1 aliphatic carbocycles. The lowest BCUT2D eigenvalue weighted by molar-refractivity contribution is -0.137. The van der Waals surface area contributed by atoms with Gasteiger partial charge in [0.1, 0.15) is 5.82 Å². The number of anilines is 1. The van der Waals surface area contributed by atoms with Gasteiger partial charge in [-0.3, -0.25) is 0 Å². The van der Waals surface area contributed by atoms with Crippen molar-refractivity contribution in [3.8, 4) is 0 Å². The molecule has 0 aliphatic heterocycles. The topological polar surface area (TPSA) is 24.9 Å². The zero-order valence-corrected chi connectivity index (χ0v) is 12.7. The van der Waals surface area contributed by atoms with Crippen LogP contribution in [0.1, 0.15) is 44.1 Å². The molecule has 112 valence electrons. The molecule has 0 spiro atoms. The number of halogens is 4. The van der Waals surface area contributed by atoms with Crippen molar-refractivity contribution in [2.24, 2.45) is 5.92 Å². The summed E-state index contributed by atoms with van der Waals surface area (Å²) >= 11 is 3.03. The van der Waals surface area contributed by atoms with E-state index < -0.39 is 11.7 Å². The summed E-state index contributed by atoms with van der Waals surface area (Å²) in [6, 6.07) is 1.07. The lowest BCUT2D eigenvalue weighted by atomic mass is 9.87. The molecule has 0 amide bonds. The first-order valence-corrected chi connectivity index (χ1v) is 7.73. The number of nitrogens with one attached hydrogen (secondary N) is 1. The van der Waals surface area contributed by atoms with Gasteiger partial charge in [0.2, 0.25) is 0 Å². The predicted octanol–water partition coefficient (Wildman–Crippen LogP) is 5.25. The second-order valence-electron chi connectivity index (χ2n) is 5.27. The largest absolute Gasteiger partial charge is 0.419 e. The van der Waals surface area contributed by atoms with Crippen LogP contribution in [0, 0.1) is 5.92 Å². The fraction of sp³-hybridized carbons (Fsp3) is 0.643. The Balaban J connectivity index is 1.95. The third-order valence-electron chi connectivity index (χ3n) is 3.73. The van der Waals surface area contributed by atoms with E-state index in [1.807, 2.05) is 0 Å². The van der Waals surface area contributed by atoms with Crippen LogP contribution in [0.4, 0.5) is 19.0 Å². The van der Waals surface area contributed by atoms with Crippen molar-refractivity contribution in [3.05, 3.63) is 22.3 Å². The molecule has 2 rings (SSSR count). The Hall–Kier alpha value is -0.780. The van der Waals surface area contributed by atoms with E-state index in [1.165, 1.54) is 38.3 Å². The second kappa shape index (κ2) is 6.78. The van der Waals surface area contributed by atoms with Crippen molar-refractivity contribution in [1.82, 2.24) is 4.98 Å². The minimum absolute atomic E-state index is 0.0727. The van der Waals surface area contributed by atoms with Crippen LogP contribution < -0.4 is 5.32 Å². The van der Waals surface area contributed by atoms with E-state index in [-0.39, 0.29) is 5.82 Å². The van der Waals surface area contributed by atoms with Gasteiger partial charge in [-0.1, -0.05) is 32.1 Å². The van der Waals surface area contributed by atoms with Crippen molar-refractivity contribution in [1.29, 1.82) is 0 Å². The van der Waals surface area contributed by atoms with E-state index in [0.717, 1.165) is 12.5 Å². The van der Waals surface area contributed by atoms with Gasteiger partial charge in [-0.15, -0.1) is 0 Å². The molecule has 20 heavy (non-hydrogen) atoms. The molecule has 1 fully saturated rings. The molecule has 0 aromatic carbocycles. The Morgan fingerprint density at radius 2 is 1.95 bits per heavy atom. The van der Waals surface area contributed by atoms with Crippen molar-refractivity contribution >= 4 is 21.7 Å². The van der Waals surface area contributed by atoms with E-state index in [1.54, 1.807) is 0 Å². The van der Waals surface area contributed by atoms with Gasteiger partial charge in [-0.2, -0.15) is 13.2 Å². The van der Waals surface area contributed by atoms with E-state index in [4.69, 9.17) is 0 Å². The Morgan fingerprint density at radius 3 is 2.60 bits per heavy atom. The summed E-state index contributed by atoms with van der Waals surface area (Å²) < 4.78 is 39.1. The summed E-state index contributed by atoms with van der Waals surface area (Å²) in [5.41, 5.74) is -0.712. The summed E-state index contributed by atoms with van der Waals surface area (Å²) in [5, 5.41) is 2.84. The van der Waals surface area contributed by atoms with E-state index >= 15 is 0 Å². The number of rotatable bonds is 4. The van der Waals surface area contributed by atoms with Crippen molar-refractivity contribution < 1.29 is 13.2 Å². The van der Waals surface area contributed by atoms with E-state index in [2.05, 4.69) is 26.2 Å². The number of pyridine rings is 1. The highest BCUT2D eigenvalue weighted by Gasteiger charge is 2.34. The Bertz CT molecular complexity index is 443. The average molecular weight is 351 g/mol. The summed E-state index contributed by atoms with van der Waals surface area (Å²) in [6.07, 6.45) is 4.08. The van der Waals surface area contributed by atoms with Gasteiger partial charge in [0, 0.05) is 17.2 Å². The first-order chi connectivity index (χ1) is 9.47. The monoisotopic (exact) mass is 350 g/mol. The van der Waals surface area contributed by atoms with Crippen LogP contribution in [0.2, 0.25) is 0 Å². The van der Waals surface area contributed by atoms with Crippen LogP contribution in [0.15, 0.2) is 16.7 Å². The molecule has 0 radical (unpaired) electrons. The van der Waals surface area contributed by atoms with Gasteiger partial charge >= 0.3 is 6.18 Å². The van der Waals surface area contributed by atoms with Crippen LogP contribution in [0.3, 0.4) is 0 Å². The highest BCUT2D eigenvalue weighted by atomic mass is 79.9. The first-order valence-electron chi connectivity index (χ1n) is 6.93. The van der Waals surface area contributed by atoms with Crippen molar-refractivity contribution in [2.75, 3.05) is 11.9 Å². The fourth-order valence-electron chi connectivity index (χ4n) is 2.67. The predicted molar refractivity (Wildman–Crippen MR) is 76.6 cm³/mol. The van der Waals surface area contributed by atoms with Gasteiger partial charge in [-0.05, 0) is 34.3 Å². The average Bonchev–Trinajstić information content (AvgIpc) is 2.40. The molecule has 2 nitrogen and oxygen atoms in total. The minimum atomic E-state index is -4.38. The van der Waals surface area contributed by atoms with Gasteiger partial charge in [-0.25, -0.2) is 4.98 Å². The molecule has 6 heteroatoms. The van der Waals surface area contributed by atoms with E-state index in [0.29, 0.717) is 16.9 Å². The standard InChI is InChI=1S/C14H18BrF3N2/c15-11-8-12(14(16,17)18)13(20-9-11)19-7-6-10-4-2-1-3-5-10/h8-10H,1-7H2,(H,19,20). The third-order valence-corrected chi connectivity index (χ3v) is 4.16. The second-order valence-corrected chi connectivity index (χ2v) is 6.18. The number of hydrogen-bond donors (Lipinski definition) is 1. The third kappa shape index (κ3) is 4.36. The van der Waals surface area contributed by atoms with Gasteiger partial charge in [0.25, 0.3) is 0 Å². The first kappa shape index (κ1) is 15.6. The highest BCUT2D eigenvalue weighted by Crippen LogP contribution is 2.35. The normalized spacial score (nSPS) is 17.2. The summed E-state index contributed by atoms with van der Waals surface area (Å²) in [7, 11) is 0. The lowest BCUT2D eigenvalue weighted by Crippen LogP contribution is -2.16. The maximum absolute atomic E-state index is 12.9. The molecule has 1 aromatic rings. The molecule has 0 unspecified atom stereocenters. The lowest BCUT2D eigenvalue weighted by Gasteiger charge is -2.22. The van der Waals surface area contributed by atoms with Crippen LogP contribution in [-0.4, -0.2) is 11.5 Å². The van der Waals surface area contributed by atoms with Crippen LogP contribution in [0.25, 0.3) is 0 Å². The Morgan fingerprint density at radius 1 is 1.25 bits per heavy atom. The van der Waals surface area contributed by atoms with Gasteiger partial charge in [0.15, 0.2) is 0 Å². The zero-order chi connectivity index (χ0) is 14.6. The van der Waals surface area contributed by atoms with Crippen LogP contribution >= 0.6 is 15.9 Å². The molecule has 1 saturated carbocycles. The molecule has 1 aromatic heterocycles. The molecule has 0 bridgehead atoms.